The summed E-state index contributed by atoms with van der Waals surface area (Å²) in [6.45, 7) is 8.71. The van der Waals surface area contributed by atoms with Crippen molar-refractivity contribution in [2.75, 3.05) is 7.11 Å². The van der Waals surface area contributed by atoms with Crippen molar-refractivity contribution >= 4 is 29.1 Å². The van der Waals surface area contributed by atoms with E-state index in [9.17, 15) is 14.0 Å². The van der Waals surface area contributed by atoms with Crippen LogP contribution in [0.5, 0.6) is 0 Å². The zero-order chi connectivity index (χ0) is 23.8. The number of hydrogen-bond donors (Lipinski definition) is 0. The molecule has 0 N–H and O–H groups in total. The summed E-state index contributed by atoms with van der Waals surface area (Å²) in [5, 5.41) is 0.288. The highest BCUT2D eigenvalue weighted by Crippen LogP contribution is 2.43. The number of rotatable bonds is 4. The summed E-state index contributed by atoms with van der Waals surface area (Å²) < 4.78 is 30.8. The Kier molecular flexibility index (Phi) is 6.50. The topological polar surface area (TPSA) is 61.8 Å². The van der Waals surface area contributed by atoms with Gasteiger partial charge in [-0.15, -0.1) is 0 Å². The number of halogens is 2. The van der Waals surface area contributed by atoms with E-state index in [1.54, 1.807) is 52.0 Å². The summed E-state index contributed by atoms with van der Waals surface area (Å²) in [7, 11) is 1.19. The smallest absolute Gasteiger partial charge is 0.437 e. The normalized spacial score (nSPS) is 17.3. The predicted octanol–water partition coefficient (Wildman–Crippen LogP) is 6.36. The average molecular weight is 461 g/mol. The van der Waals surface area contributed by atoms with Gasteiger partial charge in [0.2, 0.25) is 0 Å². The highest BCUT2D eigenvalue weighted by atomic mass is 35.5. The van der Waals surface area contributed by atoms with Crippen molar-refractivity contribution in [2.24, 2.45) is 0 Å². The van der Waals surface area contributed by atoms with Gasteiger partial charge in [-0.3, -0.25) is 4.79 Å². The molecule has 0 aromatic heterocycles. The molecule has 32 heavy (non-hydrogen) atoms. The Bertz CT molecular complexity index is 1120. The predicted molar refractivity (Wildman–Crippen MR) is 121 cm³/mol. The van der Waals surface area contributed by atoms with Crippen molar-refractivity contribution in [1.29, 1.82) is 0 Å². The van der Waals surface area contributed by atoms with Gasteiger partial charge < -0.3 is 14.2 Å². The lowest BCUT2D eigenvalue weighted by Crippen LogP contribution is -2.50. The van der Waals surface area contributed by atoms with Crippen LogP contribution in [0, 0.1) is 5.82 Å². The van der Waals surface area contributed by atoms with E-state index in [1.807, 2.05) is 13.0 Å². The third-order valence-corrected chi connectivity index (χ3v) is 5.65. The van der Waals surface area contributed by atoms with Crippen LogP contribution in [-0.4, -0.2) is 30.3 Å². The van der Waals surface area contributed by atoms with Crippen LogP contribution in [0.25, 0.3) is 16.7 Å². The molecule has 0 saturated heterocycles. The molecule has 2 aromatic carbocycles. The van der Waals surface area contributed by atoms with Crippen molar-refractivity contribution in [3.05, 3.63) is 64.1 Å². The number of carbonyl (C=O) groups is 2. The van der Waals surface area contributed by atoms with Gasteiger partial charge in [0, 0.05) is 10.6 Å². The molecule has 0 atom stereocenters. The van der Waals surface area contributed by atoms with Crippen LogP contribution in [0.3, 0.4) is 0 Å². The summed E-state index contributed by atoms with van der Waals surface area (Å²) in [5.41, 5.74) is 0.226. The fourth-order valence-corrected chi connectivity index (χ4v) is 4.15. The molecule has 170 valence electrons. The van der Waals surface area contributed by atoms with Crippen molar-refractivity contribution in [3.63, 3.8) is 0 Å². The highest BCUT2D eigenvalue weighted by molar-refractivity contribution is 6.30. The van der Waals surface area contributed by atoms with Crippen LogP contribution in [0.2, 0.25) is 5.02 Å². The fourth-order valence-electron chi connectivity index (χ4n) is 3.99. The maximum Gasteiger partial charge on any atom is 0.513 e. The quantitative estimate of drug-likeness (QED) is 0.497. The molecule has 0 aliphatic carbocycles. The monoisotopic (exact) mass is 460 g/mol. The SMILES string of the molecule is CCc1ccc(-c2ccc(Cl)cc2F)cc1C1=C(OC(=O)OC)C(C)(C)OC(C)(C)C1=O. The Morgan fingerprint density at radius 1 is 1.06 bits per heavy atom. The molecule has 3 rings (SSSR count). The minimum Gasteiger partial charge on any atom is -0.437 e. The van der Waals surface area contributed by atoms with Gasteiger partial charge in [0.05, 0.1) is 12.7 Å². The lowest BCUT2D eigenvalue weighted by molar-refractivity contribution is -0.158. The van der Waals surface area contributed by atoms with Gasteiger partial charge >= 0.3 is 6.16 Å². The summed E-state index contributed by atoms with van der Waals surface area (Å²) in [5.74, 6) is -0.775. The van der Waals surface area contributed by atoms with E-state index < -0.39 is 23.2 Å². The Balaban J connectivity index is 2.33. The van der Waals surface area contributed by atoms with E-state index in [0.29, 0.717) is 23.1 Å². The Labute approximate surface area is 192 Å². The van der Waals surface area contributed by atoms with Crippen LogP contribution in [-0.2, 0) is 25.4 Å². The first kappa shape index (κ1) is 24.0. The molecule has 2 aromatic rings. The van der Waals surface area contributed by atoms with E-state index in [0.717, 1.165) is 5.56 Å². The van der Waals surface area contributed by atoms with Gasteiger partial charge in [0.25, 0.3) is 0 Å². The van der Waals surface area contributed by atoms with Gasteiger partial charge in [0.1, 0.15) is 17.0 Å². The molecule has 0 amide bonds. The number of benzene rings is 2. The number of methoxy groups -OCH3 is 1. The lowest BCUT2D eigenvalue weighted by Gasteiger charge is -2.42. The molecular formula is C25H26ClFO5. The average Bonchev–Trinajstić information content (AvgIpc) is 2.71. The van der Waals surface area contributed by atoms with Crippen molar-refractivity contribution < 1.29 is 28.2 Å². The summed E-state index contributed by atoms with van der Waals surface area (Å²) in [4.78, 5) is 25.6. The van der Waals surface area contributed by atoms with Crippen LogP contribution >= 0.6 is 11.6 Å². The van der Waals surface area contributed by atoms with Crippen LogP contribution in [0.4, 0.5) is 9.18 Å². The van der Waals surface area contributed by atoms with Crippen molar-refractivity contribution in [1.82, 2.24) is 0 Å². The minimum atomic E-state index is -1.17. The Morgan fingerprint density at radius 2 is 1.75 bits per heavy atom. The molecule has 0 fully saturated rings. The highest BCUT2D eigenvalue weighted by Gasteiger charge is 2.49. The lowest BCUT2D eigenvalue weighted by atomic mass is 9.80. The first-order chi connectivity index (χ1) is 14.9. The molecule has 0 unspecified atom stereocenters. The summed E-state index contributed by atoms with van der Waals surface area (Å²) >= 11 is 5.90. The van der Waals surface area contributed by atoms with Crippen molar-refractivity contribution in [2.45, 2.75) is 52.2 Å². The van der Waals surface area contributed by atoms with Gasteiger partial charge in [-0.25, -0.2) is 9.18 Å². The van der Waals surface area contributed by atoms with Gasteiger partial charge in [-0.2, -0.15) is 0 Å². The molecule has 0 spiro atoms. The van der Waals surface area contributed by atoms with Crippen LogP contribution < -0.4 is 0 Å². The molecule has 0 saturated carbocycles. The first-order valence-corrected chi connectivity index (χ1v) is 10.6. The van der Waals surface area contributed by atoms with Crippen LogP contribution in [0.1, 0.15) is 45.7 Å². The summed E-state index contributed by atoms with van der Waals surface area (Å²) in [6.07, 6.45) is -0.359. The Hall–Kier alpha value is -2.70. The van der Waals surface area contributed by atoms with E-state index in [2.05, 4.69) is 4.74 Å². The second-order valence-electron chi connectivity index (χ2n) is 8.56. The minimum absolute atomic E-state index is 0.0529. The molecule has 1 aliphatic heterocycles. The molecule has 1 aliphatic rings. The van der Waals surface area contributed by atoms with E-state index in [-0.39, 0.29) is 22.1 Å². The molecular weight excluding hydrogens is 435 g/mol. The number of ether oxygens (including phenoxy) is 3. The third kappa shape index (κ3) is 4.43. The number of Topliss-reactive ketones (excluding diaryl/α,β-unsaturated/α-hetero) is 1. The number of aryl methyl sites for hydroxylation is 1. The number of hydrogen-bond acceptors (Lipinski definition) is 5. The second-order valence-corrected chi connectivity index (χ2v) is 9.00. The van der Waals surface area contributed by atoms with E-state index in [1.165, 1.54) is 13.2 Å². The third-order valence-electron chi connectivity index (χ3n) is 5.41. The zero-order valence-electron chi connectivity index (χ0n) is 19.0. The molecule has 1 heterocycles. The molecule has 0 bridgehead atoms. The van der Waals surface area contributed by atoms with Crippen molar-refractivity contribution in [3.8, 4) is 11.1 Å². The molecule has 0 radical (unpaired) electrons. The molecule has 5 nitrogen and oxygen atoms in total. The second kappa shape index (κ2) is 8.68. The summed E-state index contributed by atoms with van der Waals surface area (Å²) in [6, 6.07) is 9.78. The fraction of sp³-hybridized carbons (Fsp3) is 0.360. The zero-order valence-corrected chi connectivity index (χ0v) is 19.7. The first-order valence-electron chi connectivity index (χ1n) is 10.3. The van der Waals surface area contributed by atoms with Gasteiger partial charge in [0.15, 0.2) is 11.5 Å². The van der Waals surface area contributed by atoms with Gasteiger partial charge in [-0.05, 0) is 75.1 Å². The standard InChI is InChI=1S/C25H26ClFO5/c1-7-14-8-9-15(17-11-10-16(26)13-19(17)27)12-18(14)20-21(28)24(2,3)32-25(4,5)22(20)31-23(29)30-6/h8-13H,7H2,1-6H3. The number of ketones is 1. The molecule has 7 heteroatoms. The number of carbonyl (C=O) groups excluding carboxylic acids is 2. The van der Waals surface area contributed by atoms with Crippen LogP contribution in [0.15, 0.2) is 42.2 Å². The van der Waals surface area contributed by atoms with Gasteiger partial charge in [-0.1, -0.05) is 30.7 Å². The maximum atomic E-state index is 14.6. The van der Waals surface area contributed by atoms with E-state index in [4.69, 9.17) is 21.1 Å². The Morgan fingerprint density at radius 3 is 2.34 bits per heavy atom. The largest absolute Gasteiger partial charge is 0.513 e. The maximum absolute atomic E-state index is 14.6. The van der Waals surface area contributed by atoms with E-state index >= 15 is 0 Å².